The third kappa shape index (κ3) is 3.69. The Kier molecular flexibility index (Phi) is 5.10. The molecule has 0 amide bonds. The predicted octanol–water partition coefficient (Wildman–Crippen LogP) is 4.59. The van der Waals surface area contributed by atoms with E-state index in [0.717, 1.165) is 24.7 Å². The second-order valence-corrected chi connectivity index (χ2v) is 8.89. The van der Waals surface area contributed by atoms with Gasteiger partial charge in [0.2, 0.25) is 0 Å². The van der Waals surface area contributed by atoms with Gasteiger partial charge in [-0.3, -0.25) is 0 Å². The van der Waals surface area contributed by atoms with E-state index < -0.39 is 0 Å². The highest BCUT2D eigenvalue weighted by Gasteiger charge is 2.30. The molecule has 5 rings (SSSR count). The Hall–Kier alpha value is -1.88. The maximum Gasteiger partial charge on any atom is 0.123 e. The van der Waals surface area contributed by atoms with Crippen LogP contribution in [-0.4, -0.2) is 47.4 Å². The van der Waals surface area contributed by atoms with Crippen molar-refractivity contribution in [2.45, 2.75) is 50.9 Å². The van der Waals surface area contributed by atoms with E-state index in [9.17, 15) is 4.39 Å². The lowest BCUT2D eigenvalue weighted by Crippen LogP contribution is -2.38. The first-order chi connectivity index (χ1) is 13.8. The van der Waals surface area contributed by atoms with Gasteiger partial charge in [-0.1, -0.05) is 6.42 Å². The van der Waals surface area contributed by atoms with E-state index in [-0.39, 0.29) is 5.82 Å². The van der Waals surface area contributed by atoms with E-state index >= 15 is 0 Å². The highest BCUT2D eigenvalue weighted by Crippen LogP contribution is 2.41. The van der Waals surface area contributed by atoms with Gasteiger partial charge in [0.25, 0.3) is 0 Å². The van der Waals surface area contributed by atoms with Gasteiger partial charge in [0.15, 0.2) is 0 Å². The Morgan fingerprint density at radius 2 is 1.61 bits per heavy atom. The molecule has 1 aliphatic carbocycles. The summed E-state index contributed by atoms with van der Waals surface area (Å²) >= 11 is 0. The fourth-order valence-corrected chi connectivity index (χ4v) is 5.01. The van der Waals surface area contributed by atoms with Crippen LogP contribution in [0, 0.1) is 11.7 Å². The van der Waals surface area contributed by atoms with Gasteiger partial charge in [-0.25, -0.2) is 9.07 Å². The first-order valence-corrected chi connectivity index (χ1v) is 11.1. The van der Waals surface area contributed by atoms with Gasteiger partial charge in [-0.15, -0.1) is 0 Å². The molecule has 0 radical (unpaired) electrons. The molecule has 1 saturated carbocycles. The van der Waals surface area contributed by atoms with Crippen molar-refractivity contribution in [1.29, 1.82) is 0 Å². The maximum absolute atomic E-state index is 13.3. The zero-order valence-corrected chi connectivity index (χ0v) is 16.7. The Labute approximate surface area is 167 Å². The summed E-state index contributed by atoms with van der Waals surface area (Å²) in [5, 5.41) is 4.95. The summed E-state index contributed by atoms with van der Waals surface area (Å²) in [4.78, 5) is 5.22. The molecule has 3 aliphatic rings. The number of rotatable bonds is 5. The Balaban J connectivity index is 1.31. The third-order valence-corrected chi connectivity index (χ3v) is 6.98. The molecule has 28 heavy (non-hydrogen) atoms. The second kappa shape index (κ2) is 7.86. The molecule has 0 bridgehead atoms. The van der Waals surface area contributed by atoms with Crippen molar-refractivity contribution in [3.8, 4) is 5.69 Å². The van der Waals surface area contributed by atoms with Crippen molar-refractivity contribution in [1.82, 2.24) is 14.7 Å². The SMILES string of the molecule is Fc1ccc(-n2cc(N3CCC(CN4CCCC4)CC3)c(C3CCC3)n2)cc1. The second-order valence-electron chi connectivity index (χ2n) is 8.89. The van der Waals surface area contributed by atoms with Crippen LogP contribution in [0.25, 0.3) is 5.69 Å². The highest BCUT2D eigenvalue weighted by atomic mass is 19.1. The van der Waals surface area contributed by atoms with Crippen molar-refractivity contribution in [2.75, 3.05) is 37.6 Å². The number of hydrogen-bond donors (Lipinski definition) is 0. The Bertz CT molecular complexity index is 781. The molecule has 4 nitrogen and oxygen atoms in total. The number of hydrogen-bond acceptors (Lipinski definition) is 3. The molecular weight excluding hydrogens is 351 g/mol. The largest absolute Gasteiger partial charge is 0.369 e. The fraction of sp³-hybridized carbons (Fsp3) is 0.609. The molecule has 1 aromatic carbocycles. The van der Waals surface area contributed by atoms with Crippen LogP contribution in [-0.2, 0) is 0 Å². The zero-order valence-electron chi connectivity index (χ0n) is 16.7. The van der Waals surface area contributed by atoms with Crippen LogP contribution in [0.4, 0.5) is 10.1 Å². The van der Waals surface area contributed by atoms with E-state index in [4.69, 9.17) is 5.10 Å². The van der Waals surface area contributed by atoms with Gasteiger partial charge in [0.05, 0.1) is 23.3 Å². The van der Waals surface area contributed by atoms with Crippen molar-refractivity contribution in [3.63, 3.8) is 0 Å². The van der Waals surface area contributed by atoms with E-state index in [1.165, 1.54) is 88.1 Å². The number of benzene rings is 1. The Morgan fingerprint density at radius 1 is 0.893 bits per heavy atom. The van der Waals surface area contributed by atoms with Crippen LogP contribution < -0.4 is 4.90 Å². The first kappa shape index (κ1) is 18.2. The molecule has 5 heteroatoms. The van der Waals surface area contributed by atoms with E-state index in [2.05, 4.69) is 16.0 Å². The summed E-state index contributed by atoms with van der Waals surface area (Å²) < 4.78 is 15.3. The summed E-state index contributed by atoms with van der Waals surface area (Å²) in [7, 11) is 0. The molecule has 0 spiro atoms. The van der Waals surface area contributed by atoms with Crippen molar-refractivity contribution in [2.24, 2.45) is 5.92 Å². The van der Waals surface area contributed by atoms with Gasteiger partial charge in [0, 0.05) is 25.6 Å². The van der Waals surface area contributed by atoms with Crippen LogP contribution in [0.1, 0.15) is 56.6 Å². The lowest BCUT2D eigenvalue weighted by Gasteiger charge is -2.36. The molecule has 3 fully saturated rings. The van der Waals surface area contributed by atoms with Gasteiger partial charge in [-0.2, -0.15) is 5.10 Å². The van der Waals surface area contributed by atoms with Crippen LogP contribution in [0.2, 0.25) is 0 Å². The van der Waals surface area contributed by atoms with Gasteiger partial charge in [-0.05, 0) is 81.8 Å². The normalized spacial score (nSPS) is 22.0. The summed E-state index contributed by atoms with van der Waals surface area (Å²) in [6, 6.07) is 6.67. The molecule has 0 N–H and O–H groups in total. The van der Waals surface area contributed by atoms with Crippen LogP contribution in [0.15, 0.2) is 30.5 Å². The average molecular weight is 383 g/mol. The molecule has 0 atom stereocenters. The molecular formula is C23H31FN4. The van der Waals surface area contributed by atoms with E-state index in [1.807, 2.05) is 16.8 Å². The van der Waals surface area contributed by atoms with Crippen molar-refractivity contribution < 1.29 is 4.39 Å². The van der Waals surface area contributed by atoms with Crippen LogP contribution >= 0.6 is 0 Å². The quantitative estimate of drug-likeness (QED) is 0.756. The maximum atomic E-state index is 13.3. The summed E-state index contributed by atoms with van der Waals surface area (Å²) in [6.07, 6.45) is 11.3. The molecule has 2 aromatic rings. The molecule has 3 heterocycles. The lowest BCUT2D eigenvalue weighted by molar-refractivity contribution is 0.249. The predicted molar refractivity (Wildman–Crippen MR) is 111 cm³/mol. The third-order valence-electron chi connectivity index (χ3n) is 6.98. The van der Waals surface area contributed by atoms with Crippen molar-refractivity contribution in [3.05, 3.63) is 42.0 Å². The first-order valence-electron chi connectivity index (χ1n) is 11.1. The monoisotopic (exact) mass is 382 g/mol. The molecule has 2 saturated heterocycles. The topological polar surface area (TPSA) is 24.3 Å². The number of anilines is 1. The number of aromatic nitrogens is 2. The van der Waals surface area contributed by atoms with E-state index in [1.54, 1.807) is 0 Å². The summed E-state index contributed by atoms with van der Waals surface area (Å²) in [5.74, 6) is 1.24. The lowest BCUT2D eigenvalue weighted by atomic mass is 9.82. The number of piperidine rings is 1. The van der Waals surface area contributed by atoms with Crippen molar-refractivity contribution >= 4 is 5.69 Å². The summed E-state index contributed by atoms with van der Waals surface area (Å²) in [5.41, 5.74) is 3.51. The molecule has 1 aromatic heterocycles. The minimum atomic E-state index is -0.199. The molecule has 2 aliphatic heterocycles. The minimum absolute atomic E-state index is 0.199. The van der Waals surface area contributed by atoms with Gasteiger partial charge < -0.3 is 9.80 Å². The molecule has 150 valence electrons. The zero-order chi connectivity index (χ0) is 18.9. The fourth-order valence-electron chi connectivity index (χ4n) is 5.01. The minimum Gasteiger partial charge on any atom is -0.369 e. The number of halogens is 1. The smallest absolute Gasteiger partial charge is 0.123 e. The highest BCUT2D eigenvalue weighted by molar-refractivity contribution is 5.53. The molecule has 0 unspecified atom stereocenters. The summed E-state index contributed by atoms with van der Waals surface area (Å²) in [6.45, 7) is 6.16. The number of nitrogens with zero attached hydrogens (tertiary/aromatic N) is 4. The Morgan fingerprint density at radius 3 is 2.25 bits per heavy atom. The standard InChI is InChI=1S/C23H31FN4/c24-20-6-8-21(9-7-20)28-17-22(23(25-28)19-4-3-5-19)27-14-10-18(11-15-27)16-26-12-1-2-13-26/h6-9,17-19H,1-5,10-16H2. The average Bonchev–Trinajstić information content (AvgIpc) is 3.32. The van der Waals surface area contributed by atoms with Crippen LogP contribution in [0.3, 0.4) is 0 Å². The number of likely N-dealkylation sites (tertiary alicyclic amines) is 1. The van der Waals surface area contributed by atoms with E-state index in [0.29, 0.717) is 5.92 Å². The van der Waals surface area contributed by atoms with Crippen LogP contribution in [0.5, 0.6) is 0 Å². The van der Waals surface area contributed by atoms with Gasteiger partial charge in [0.1, 0.15) is 5.82 Å². The van der Waals surface area contributed by atoms with Gasteiger partial charge >= 0.3 is 0 Å².